The number of hydrogen-bond acceptors (Lipinski definition) is 4. The van der Waals surface area contributed by atoms with Crippen LogP contribution in [-0.2, 0) is 16.4 Å². The van der Waals surface area contributed by atoms with E-state index in [1.54, 1.807) is 0 Å². The van der Waals surface area contributed by atoms with Crippen LogP contribution in [0.15, 0.2) is 4.52 Å². The summed E-state index contributed by atoms with van der Waals surface area (Å²) < 4.78 is 41.8. The predicted molar refractivity (Wildman–Crippen MR) is 58.7 cm³/mol. The first-order valence-electron chi connectivity index (χ1n) is 6.42. The maximum absolute atomic E-state index is 12.5. The molecule has 1 N–H and O–H groups in total. The minimum Gasteiger partial charge on any atom is -0.481 e. The second-order valence-corrected chi connectivity index (χ2v) is 5.79. The SMILES string of the molecule is O=C(O)C12CCC(c3noc(C(F)(F)F)n3)(CC1)CC2. The second kappa shape index (κ2) is 3.95. The van der Waals surface area contributed by atoms with Gasteiger partial charge in [0.25, 0.3) is 0 Å². The molecule has 2 bridgehead atoms. The molecular weight excluding hydrogens is 277 g/mol. The normalized spacial score (nSPS) is 33.4. The molecule has 0 aromatic carbocycles. The van der Waals surface area contributed by atoms with E-state index in [0.717, 1.165) is 0 Å². The first kappa shape index (κ1) is 13.4. The molecule has 3 aliphatic carbocycles. The number of fused-ring (bicyclic) bond motifs is 3. The average Bonchev–Trinajstić information content (AvgIpc) is 2.91. The van der Waals surface area contributed by atoms with Crippen LogP contribution in [-0.4, -0.2) is 21.2 Å². The van der Waals surface area contributed by atoms with Gasteiger partial charge in [0, 0.05) is 5.41 Å². The Labute approximate surface area is 112 Å². The molecule has 1 aromatic heterocycles. The summed E-state index contributed by atoms with van der Waals surface area (Å²) in [5, 5.41) is 12.8. The number of halogens is 3. The molecule has 0 radical (unpaired) electrons. The van der Waals surface area contributed by atoms with Gasteiger partial charge in [0.2, 0.25) is 0 Å². The largest absolute Gasteiger partial charge is 0.481 e. The molecule has 1 aromatic rings. The Kier molecular flexibility index (Phi) is 2.65. The molecule has 0 unspecified atom stereocenters. The molecule has 0 spiro atoms. The highest BCUT2D eigenvalue weighted by molar-refractivity contribution is 5.75. The van der Waals surface area contributed by atoms with Crippen LogP contribution in [0.1, 0.15) is 50.2 Å². The van der Waals surface area contributed by atoms with Crippen molar-refractivity contribution in [2.45, 2.75) is 50.1 Å². The van der Waals surface area contributed by atoms with E-state index in [0.29, 0.717) is 38.5 Å². The van der Waals surface area contributed by atoms with Crippen molar-refractivity contribution >= 4 is 5.97 Å². The van der Waals surface area contributed by atoms with Gasteiger partial charge in [-0.2, -0.15) is 18.2 Å². The molecule has 110 valence electrons. The van der Waals surface area contributed by atoms with E-state index in [2.05, 4.69) is 14.7 Å². The minimum atomic E-state index is -4.64. The Morgan fingerprint density at radius 1 is 1.15 bits per heavy atom. The number of alkyl halides is 3. The van der Waals surface area contributed by atoms with Crippen LogP contribution >= 0.6 is 0 Å². The lowest BCUT2D eigenvalue weighted by Gasteiger charge is -2.49. The summed E-state index contributed by atoms with van der Waals surface area (Å²) in [7, 11) is 0. The fourth-order valence-electron chi connectivity index (χ4n) is 3.40. The van der Waals surface area contributed by atoms with Gasteiger partial charge in [-0.15, -0.1) is 0 Å². The van der Waals surface area contributed by atoms with Crippen molar-refractivity contribution in [2.24, 2.45) is 5.41 Å². The zero-order chi connectivity index (χ0) is 14.6. The van der Waals surface area contributed by atoms with E-state index in [9.17, 15) is 23.1 Å². The molecule has 20 heavy (non-hydrogen) atoms. The van der Waals surface area contributed by atoms with Crippen molar-refractivity contribution in [3.8, 4) is 0 Å². The molecule has 0 amide bonds. The number of hydrogen-bond donors (Lipinski definition) is 1. The molecule has 4 rings (SSSR count). The molecule has 5 nitrogen and oxygen atoms in total. The van der Waals surface area contributed by atoms with Gasteiger partial charge < -0.3 is 9.63 Å². The van der Waals surface area contributed by atoms with Gasteiger partial charge in [-0.25, -0.2) is 0 Å². The number of carboxylic acids is 1. The van der Waals surface area contributed by atoms with Gasteiger partial charge in [-0.3, -0.25) is 4.79 Å². The van der Waals surface area contributed by atoms with E-state index < -0.39 is 28.9 Å². The quantitative estimate of drug-likeness (QED) is 0.906. The van der Waals surface area contributed by atoms with Gasteiger partial charge in [-0.05, 0) is 38.5 Å². The number of carboxylic acid groups (broad SMARTS) is 1. The Balaban J connectivity index is 1.86. The van der Waals surface area contributed by atoms with Crippen molar-refractivity contribution in [3.63, 3.8) is 0 Å². The molecule has 0 saturated heterocycles. The van der Waals surface area contributed by atoms with E-state index in [1.165, 1.54) is 0 Å². The van der Waals surface area contributed by atoms with Crippen molar-refractivity contribution < 1.29 is 27.6 Å². The van der Waals surface area contributed by atoms with Crippen molar-refractivity contribution in [3.05, 3.63) is 11.7 Å². The molecule has 3 aliphatic rings. The Hall–Kier alpha value is -1.60. The van der Waals surface area contributed by atoms with Gasteiger partial charge in [0.15, 0.2) is 5.82 Å². The highest BCUT2D eigenvalue weighted by atomic mass is 19.4. The fourth-order valence-corrected chi connectivity index (χ4v) is 3.40. The van der Waals surface area contributed by atoms with Gasteiger partial charge in [0.05, 0.1) is 5.41 Å². The average molecular weight is 290 g/mol. The molecule has 0 atom stereocenters. The van der Waals surface area contributed by atoms with Crippen LogP contribution in [0.5, 0.6) is 0 Å². The van der Waals surface area contributed by atoms with Gasteiger partial charge in [0.1, 0.15) is 0 Å². The second-order valence-electron chi connectivity index (χ2n) is 5.79. The van der Waals surface area contributed by atoms with Crippen molar-refractivity contribution in [1.29, 1.82) is 0 Å². The summed E-state index contributed by atoms with van der Waals surface area (Å²) in [6.45, 7) is 0. The number of nitrogens with zero attached hydrogens (tertiary/aromatic N) is 2. The Morgan fingerprint density at radius 3 is 2.10 bits per heavy atom. The summed E-state index contributed by atoms with van der Waals surface area (Å²) in [4.78, 5) is 14.8. The van der Waals surface area contributed by atoms with Crippen LogP contribution in [0.2, 0.25) is 0 Å². The highest BCUT2D eigenvalue weighted by Crippen LogP contribution is 2.57. The Morgan fingerprint density at radius 2 is 1.70 bits per heavy atom. The highest BCUT2D eigenvalue weighted by Gasteiger charge is 2.55. The maximum Gasteiger partial charge on any atom is 0.471 e. The summed E-state index contributed by atoms with van der Waals surface area (Å²) >= 11 is 0. The molecular formula is C12H13F3N2O3. The number of aliphatic carboxylic acids is 1. The summed E-state index contributed by atoms with van der Waals surface area (Å²) in [5.41, 5.74) is -1.26. The number of rotatable bonds is 2. The maximum atomic E-state index is 12.5. The van der Waals surface area contributed by atoms with Crippen LogP contribution < -0.4 is 0 Å². The lowest BCUT2D eigenvalue weighted by Crippen LogP contribution is -2.48. The lowest BCUT2D eigenvalue weighted by molar-refractivity contribution is -0.159. The van der Waals surface area contributed by atoms with E-state index >= 15 is 0 Å². The third-order valence-electron chi connectivity index (χ3n) is 4.84. The van der Waals surface area contributed by atoms with Crippen LogP contribution in [0.4, 0.5) is 13.2 Å². The summed E-state index contributed by atoms with van der Waals surface area (Å²) in [6, 6.07) is 0. The van der Waals surface area contributed by atoms with Crippen LogP contribution in [0.25, 0.3) is 0 Å². The fraction of sp³-hybridized carbons (Fsp3) is 0.750. The topological polar surface area (TPSA) is 76.2 Å². The van der Waals surface area contributed by atoms with Crippen LogP contribution in [0.3, 0.4) is 0 Å². The van der Waals surface area contributed by atoms with Crippen LogP contribution in [0, 0.1) is 5.41 Å². The minimum absolute atomic E-state index is 0.0727. The number of carbonyl (C=O) groups is 1. The van der Waals surface area contributed by atoms with Crippen molar-refractivity contribution in [2.75, 3.05) is 0 Å². The molecule has 3 saturated carbocycles. The van der Waals surface area contributed by atoms with E-state index in [1.807, 2.05) is 0 Å². The van der Waals surface area contributed by atoms with Gasteiger partial charge >= 0.3 is 18.0 Å². The summed E-state index contributed by atoms with van der Waals surface area (Å²) in [5.74, 6) is -2.07. The zero-order valence-electron chi connectivity index (χ0n) is 10.5. The first-order chi connectivity index (χ1) is 9.28. The summed E-state index contributed by atoms with van der Waals surface area (Å²) in [6.07, 6.45) is -1.78. The molecule has 3 fully saturated rings. The third kappa shape index (κ3) is 1.81. The standard InChI is InChI=1S/C12H13F3N2O3/c13-12(14,15)8-16-7(17-20-8)10-1-4-11(5-2-10,6-3-10)9(18)19/h1-6H2,(H,18,19). The van der Waals surface area contributed by atoms with E-state index in [4.69, 9.17) is 0 Å². The van der Waals surface area contributed by atoms with E-state index in [-0.39, 0.29) is 5.82 Å². The lowest BCUT2D eigenvalue weighted by atomic mass is 9.53. The predicted octanol–water partition coefficient (Wildman–Crippen LogP) is 2.77. The van der Waals surface area contributed by atoms with Gasteiger partial charge in [-0.1, -0.05) is 5.16 Å². The molecule has 1 heterocycles. The van der Waals surface area contributed by atoms with Crippen molar-refractivity contribution in [1.82, 2.24) is 10.1 Å². The molecule has 0 aliphatic heterocycles. The third-order valence-corrected chi connectivity index (χ3v) is 4.84. The smallest absolute Gasteiger partial charge is 0.471 e. The molecule has 8 heteroatoms. The zero-order valence-corrected chi connectivity index (χ0v) is 10.5. The first-order valence-corrected chi connectivity index (χ1v) is 6.42. The Bertz CT molecular complexity index is 528. The number of aromatic nitrogens is 2. The monoisotopic (exact) mass is 290 g/mol.